The second kappa shape index (κ2) is 14.8. The quantitative estimate of drug-likeness (QED) is 0.311. The molecule has 0 radical (unpaired) electrons. The fourth-order valence-electron chi connectivity index (χ4n) is 5.31. The molecule has 0 aromatic heterocycles. The zero-order valence-electron chi connectivity index (χ0n) is 23.4. The minimum Gasteiger partial charge on any atom is -0.381 e. The molecule has 3 rings (SSSR count). The molecule has 33 heavy (non-hydrogen) atoms. The van der Waals surface area contributed by atoms with Gasteiger partial charge < -0.3 is 23.8 Å². The van der Waals surface area contributed by atoms with Crippen molar-refractivity contribution in [3.8, 4) is 0 Å². The van der Waals surface area contributed by atoms with Crippen LogP contribution in [-0.2, 0) is 18.9 Å². The van der Waals surface area contributed by atoms with Crippen molar-refractivity contribution in [3.05, 3.63) is 12.2 Å². The third-order valence-electron chi connectivity index (χ3n) is 6.76. The second-order valence-electron chi connectivity index (χ2n) is 11.0. The Balaban J connectivity index is 0.00000129. The van der Waals surface area contributed by atoms with E-state index in [-0.39, 0.29) is 5.41 Å². The molecule has 0 N–H and O–H groups in total. The molecule has 1 spiro atoms. The maximum Gasteiger partial charge on any atom is 0.0700 e. The SMILES string of the molecule is C=C(COCC(C)CC(C)(C)COC1CC2(C1)CN(C)C2)COC1CC(OC)C1.CC.CC. The van der Waals surface area contributed by atoms with E-state index in [0.29, 0.717) is 42.9 Å². The van der Waals surface area contributed by atoms with Gasteiger partial charge in [-0.05, 0) is 56.1 Å². The van der Waals surface area contributed by atoms with Gasteiger partial charge >= 0.3 is 0 Å². The Kier molecular flexibility index (Phi) is 13.7. The summed E-state index contributed by atoms with van der Waals surface area (Å²) in [7, 11) is 3.97. The summed E-state index contributed by atoms with van der Waals surface area (Å²) in [5.41, 5.74) is 1.80. The lowest BCUT2D eigenvalue weighted by atomic mass is 9.62. The smallest absolute Gasteiger partial charge is 0.0700 e. The van der Waals surface area contributed by atoms with Gasteiger partial charge in [-0.25, -0.2) is 0 Å². The fraction of sp³-hybridized carbons (Fsp3) is 0.929. The van der Waals surface area contributed by atoms with Gasteiger partial charge in [-0.2, -0.15) is 0 Å². The van der Waals surface area contributed by atoms with Crippen LogP contribution in [0.4, 0.5) is 0 Å². The average Bonchev–Trinajstić information content (AvgIpc) is 2.70. The van der Waals surface area contributed by atoms with E-state index in [9.17, 15) is 0 Å². The zero-order valence-corrected chi connectivity index (χ0v) is 23.4. The number of rotatable bonds is 13. The highest BCUT2D eigenvalue weighted by molar-refractivity contribution is 5.04. The Morgan fingerprint density at radius 2 is 1.61 bits per heavy atom. The van der Waals surface area contributed by atoms with Gasteiger partial charge in [0.05, 0.1) is 38.1 Å². The van der Waals surface area contributed by atoms with E-state index in [1.807, 2.05) is 27.7 Å². The number of likely N-dealkylation sites (tertiary alicyclic amines) is 1. The lowest BCUT2D eigenvalue weighted by Crippen LogP contribution is -2.62. The number of methoxy groups -OCH3 is 1. The first-order chi connectivity index (χ1) is 15.7. The van der Waals surface area contributed by atoms with E-state index in [0.717, 1.165) is 38.0 Å². The van der Waals surface area contributed by atoms with E-state index < -0.39 is 0 Å². The van der Waals surface area contributed by atoms with Crippen molar-refractivity contribution in [1.29, 1.82) is 0 Å². The highest BCUT2D eigenvalue weighted by Gasteiger charge is 2.51. The first-order valence-corrected chi connectivity index (χ1v) is 13.4. The minimum absolute atomic E-state index is 0.185. The molecule has 1 unspecified atom stereocenters. The molecule has 0 aromatic rings. The second-order valence-corrected chi connectivity index (χ2v) is 11.0. The van der Waals surface area contributed by atoms with E-state index >= 15 is 0 Å². The van der Waals surface area contributed by atoms with Crippen LogP contribution in [0.2, 0.25) is 0 Å². The predicted octanol–water partition coefficient (Wildman–Crippen LogP) is 5.97. The van der Waals surface area contributed by atoms with Gasteiger partial charge in [0.15, 0.2) is 0 Å². The molecule has 196 valence electrons. The summed E-state index contributed by atoms with van der Waals surface area (Å²) in [5, 5.41) is 0. The van der Waals surface area contributed by atoms with Gasteiger partial charge in [0.2, 0.25) is 0 Å². The third kappa shape index (κ3) is 10.4. The summed E-state index contributed by atoms with van der Waals surface area (Å²) < 4.78 is 23.2. The van der Waals surface area contributed by atoms with Crippen molar-refractivity contribution in [3.63, 3.8) is 0 Å². The largest absolute Gasteiger partial charge is 0.381 e. The number of hydrogen-bond acceptors (Lipinski definition) is 5. The van der Waals surface area contributed by atoms with Gasteiger partial charge in [0.1, 0.15) is 0 Å². The molecule has 1 aliphatic heterocycles. The van der Waals surface area contributed by atoms with Crippen molar-refractivity contribution in [1.82, 2.24) is 4.90 Å². The summed E-state index contributed by atoms with van der Waals surface area (Å²) in [6.07, 6.45) is 6.79. The molecular weight excluding hydrogens is 414 g/mol. The monoisotopic (exact) mass is 469 g/mol. The van der Waals surface area contributed by atoms with Gasteiger partial charge in [0.25, 0.3) is 0 Å². The average molecular weight is 470 g/mol. The van der Waals surface area contributed by atoms with E-state index in [2.05, 4.69) is 39.3 Å². The lowest BCUT2D eigenvalue weighted by molar-refractivity contribution is -0.155. The maximum atomic E-state index is 6.24. The Hall–Kier alpha value is -0.460. The molecule has 5 heteroatoms. The summed E-state index contributed by atoms with van der Waals surface area (Å²) in [6, 6.07) is 0. The van der Waals surface area contributed by atoms with Crippen LogP contribution in [0.15, 0.2) is 12.2 Å². The summed E-state index contributed by atoms with van der Waals surface area (Å²) in [5.74, 6) is 0.504. The van der Waals surface area contributed by atoms with Crippen molar-refractivity contribution in [2.45, 2.75) is 98.9 Å². The lowest BCUT2D eigenvalue weighted by Gasteiger charge is -2.58. The molecule has 0 bridgehead atoms. The molecular formula is C28H55NO4. The van der Waals surface area contributed by atoms with Gasteiger partial charge in [-0.3, -0.25) is 0 Å². The zero-order chi connectivity index (χ0) is 25.1. The molecule has 1 atom stereocenters. The summed E-state index contributed by atoms with van der Waals surface area (Å²) >= 11 is 0. The minimum atomic E-state index is 0.185. The molecule has 0 amide bonds. The Labute approximate surface area is 205 Å². The topological polar surface area (TPSA) is 40.2 Å². The van der Waals surface area contributed by atoms with E-state index in [4.69, 9.17) is 18.9 Å². The van der Waals surface area contributed by atoms with Crippen LogP contribution >= 0.6 is 0 Å². The highest BCUT2D eigenvalue weighted by atomic mass is 16.5. The van der Waals surface area contributed by atoms with Crippen LogP contribution in [-0.4, -0.2) is 76.9 Å². The molecule has 5 nitrogen and oxygen atoms in total. The normalized spacial score (nSPS) is 24.9. The van der Waals surface area contributed by atoms with E-state index in [1.165, 1.54) is 25.9 Å². The number of hydrogen-bond donors (Lipinski definition) is 0. The Morgan fingerprint density at radius 3 is 2.15 bits per heavy atom. The third-order valence-corrected chi connectivity index (χ3v) is 6.76. The molecule has 1 heterocycles. The van der Waals surface area contributed by atoms with Crippen molar-refractivity contribution in [2.75, 3.05) is 53.7 Å². The van der Waals surface area contributed by atoms with Gasteiger partial charge in [0, 0.05) is 32.2 Å². The molecule has 3 aliphatic rings. The van der Waals surface area contributed by atoms with E-state index in [1.54, 1.807) is 7.11 Å². The van der Waals surface area contributed by atoms with Gasteiger partial charge in [-0.1, -0.05) is 55.0 Å². The molecule has 1 saturated heterocycles. The summed E-state index contributed by atoms with van der Waals surface area (Å²) in [4.78, 5) is 2.41. The first-order valence-electron chi connectivity index (χ1n) is 13.4. The maximum absolute atomic E-state index is 6.24. The van der Waals surface area contributed by atoms with Crippen LogP contribution < -0.4 is 0 Å². The van der Waals surface area contributed by atoms with Crippen LogP contribution in [0.1, 0.15) is 80.6 Å². The van der Waals surface area contributed by atoms with Crippen molar-refractivity contribution < 1.29 is 18.9 Å². The molecule has 2 saturated carbocycles. The predicted molar refractivity (Wildman–Crippen MR) is 139 cm³/mol. The van der Waals surface area contributed by atoms with Crippen molar-refractivity contribution in [2.24, 2.45) is 16.7 Å². The Bertz CT molecular complexity index is 530. The summed E-state index contributed by atoms with van der Waals surface area (Å²) in [6.45, 7) is 24.3. The molecule has 0 aromatic carbocycles. The Morgan fingerprint density at radius 1 is 1.00 bits per heavy atom. The number of ether oxygens (including phenoxy) is 4. The molecule has 2 aliphatic carbocycles. The van der Waals surface area contributed by atoms with Crippen molar-refractivity contribution >= 4 is 0 Å². The van der Waals surface area contributed by atoms with Crippen LogP contribution in [0, 0.1) is 16.7 Å². The standard InChI is InChI=1S/C24H43NO4.2C2H6/c1-18(12-27-13-19(2)14-28-21-7-20(8-21)26-6)9-23(3,4)17-29-22-10-24(11-22)15-25(5)16-24;2*1-2/h18,20-22H,2,7-17H2,1,3-6H3;2*1-2H3. The fourth-order valence-corrected chi connectivity index (χ4v) is 5.31. The van der Waals surface area contributed by atoms with Crippen LogP contribution in [0.25, 0.3) is 0 Å². The van der Waals surface area contributed by atoms with Gasteiger partial charge in [-0.15, -0.1) is 0 Å². The highest BCUT2D eigenvalue weighted by Crippen LogP contribution is 2.49. The van der Waals surface area contributed by atoms with Crippen LogP contribution in [0.5, 0.6) is 0 Å². The number of nitrogens with zero attached hydrogens (tertiary/aromatic N) is 1. The van der Waals surface area contributed by atoms with Crippen LogP contribution in [0.3, 0.4) is 0 Å². The molecule has 3 fully saturated rings. The first kappa shape index (κ1) is 30.6.